The lowest BCUT2D eigenvalue weighted by molar-refractivity contribution is 0.173. The van der Waals surface area contributed by atoms with Crippen molar-refractivity contribution in [3.05, 3.63) is 17.7 Å². The summed E-state index contributed by atoms with van der Waals surface area (Å²) >= 11 is 0. The first-order chi connectivity index (χ1) is 9.85. The minimum Gasteiger partial charge on any atom is -0.493 e. The predicted molar refractivity (Wildman–Crippen MR) is 79.3 cm³/mol. The molecule has 2 rings (SSSR count). The highest BCUT2D eigenvalue weighted by Gasteiger charge is 2.17. The molecule has 0 fully saturated rings. The van der Waals surface area contributed by atoms with E-state index in [0.717, 1.165) is 35.8 Å². The van der Waals surface area contributed by atoms with Crippen LogP contribution in [0.25, 0.3) is 0 Å². The van der Waals surface area contributed by atoms with Gasteiger partial charge in [-0.25, -0.2) is 0 Å². The largest absolute Gasteiger partial charge is 0.493 e. The molecular weight excluding hydrogens is 254 g/mol. The molecule has 4 nitrogen and oxygen atoms in total. The van der Waals surface area contributed by atoms with Crippen molar-refractivity contribution in [1.29, 1.82) is 0 Å². The Balaban J connectivity index is 1.77. The SMILES string of the molecule is CCCCCCCCOc1cc2c(cc1CN)OCO2. The summed E-state index contributed by atoms with van der Waals surface area (Å²) in [4.78, 5) is 0. The van der Waals surface area contributed by atoms with Gasteiger partial charge in [0.05, 0.1) is 6.61 Å². The van der Waals surface area contributed by atoms with Gasteiger partial charge in [0.1, 0.15) is 5.75 Å². The Labute approximate surface area is 121 Å². The second-order valence-electron chi connectivity index (χ2n) is 5.13. The number of hydrogen-bond donors (Lipinski definition) is 1. The van der Waals surface area contributed by atoms with Crippen LogP contribution >= 0.6 is 0 Å². The first-order valence-corrected chi connectivity index (χ1v) is 7.60. The molecule has 1 aliphatic rings. The molecule has 0 atom stereocenters. The number of ether oxygens (including phenoxy) is 3. The van der Waals surface area contributed by atoms with E-state index in [9.17, 15) is 0 Å². The van der Waals surface area contributed by atoms with Gasteiger partial charge in [0, 0.05) is 18.2 Å². The van der Waals surface area contributed by atoms with E-state index in [2.05, 4.69) is 6.92 Å². The highest BCUT2D eigenvalue weighted by molar-refractivity contribution is 5.51. The summed E-state index contributed by atoms with van der Waals surface area (Å²) in [5, 5.41) is 0. The summed E-state index contributed by atoms with van der Waals surface area (Å²) in [5.41, 5.74) is 6.73. The van der Waals surface area contributed by atoms with Gasteiger partial charge in [0.2, 0.25) is 6.79 Å². The van der Waals surface area contributed by atoms with Crippen molar-refractivity contribution in [1.82, 2.24) is 0 Å². The Bertz CT molecular complexity index is 420. The molecule has 112 valence electrons. The molecule has 0 aliphatic carbocycles. The van der Waals surface area contributed by atoms with Gasteiger partial charge in [-0.3, -0.25) is 0 Å². The molecule has 0 amide bonds. The van der Waals surface area contributed by atoms with E-state index in [4.69, 9.17) is 19.9 Å². The van der Waals surface area contributed by atoms with Gasteiger partial charge in [-0.05, 0) is 12.5 Å². The average molecular weight is 279 g/mol. The number of benzene rings is 1. The van der Waals surface area contributed by atoms with E-state index in [0.29, 0.717) is 6.54 Å². The van der Waals surface area contributed by atoms with Crippen LogP contribution in [0.5, 0.6) is 17.2 Å². The maximum Gasteiger partial charge on any atom is 0.231 e. The van der Waals surface area contributed by atoms with Gasteiger partial charge in [0.15, 0.2) is 11.5 Å². The molecule has 0 aromatic heterocycles. The van der Waals surface area contributed by atoms with Crippen molar-refractivity contribution in [3.8, 4) is 17.2 Å². The third-order valence-corrected chi connectivity index (χ3v) is 3.53. The van der Waals surface area contributed by atoms with Crippen LogP contribution in [0.4, 0.5) is 0 Å². The second-order valence-corrected chi connectivity index (χ2v) is 5.13. The predicted octanol–water partition coefficient (Wildman–Crippen LogP) is 3.61. The van der Waals surface area contributed by atoms with E-state index >= 15 is 0 Å². The minimum absolute atomic E-state index is 0.278. The third kappa shape index (κ3) is 4.04. The fraction of sp³-hybridized carbons (Fsp3) is 0.625. The van der Waals surface area contributed by atoms with Crippen molar-refractivity contribution >= 4 is 0 Å². The number of unbranched alkanes of at least 4 members (excludes halogenated alkanes) is 5. The lowest BCUT2D eigenvalue weighted by Gasteiger charge is -2.11. The number of hydrogen-bond acceptors (Lipinski definition) is 4. The first kappa shape index (κ1) is 15.0. The monoisotopic (exact) mass is 279 g/mol. The topological polar surface area (TPSA) is 53.7 Å². The van der Waals surface area contributed by atoms with Crippen molar-refractivity contribution in [2.24, 2.45) is 5.73 Å². The van der Waals surface area contributed by atoms with Crippen LogP contribution in [0.3, 0.4) is 0 Å². The van der Waals surface area contributed by atoms with Gasteiger partial charge < -0.3 is 19.9 Å². The molecule has 0 radical (unpaired) electrons. The zero-order chi connectivity index (χ0) is 14.2. The normalized spacial score (nSPS) is 12.7. The molecule has 0 bridgehead atoms. The van der Waals surface area contributed by atoms with E-state index in [-0.39, 0.29) is 6.79 Å². The van der Waals surface area contributed by atoms with Crippen LogP contribution in [0, 0.1) is 0 Å². The fourth-order valence-electron chi connectivity index (χ4n) is 2.32. The summed E-state index contributed by atoms with van der Waals surface area (Å²) in [5.74, 6) is 2.34. The molecule has 0 unspecified atom stereocenters. The van der Waals surface area contributed by atoms with Crippen LogP contribution < -0.4 is 19.9 Å². The number of nitrogens with two attached hydrogens (primary N) is 1. The molecule has 1 aromatic carbocycles. The summed E-state index contributed by atoms with van der Waals surface area (Å²) < 4.78 is 16.6. The lowest BCUT2D eigenvalue weighted by Crippen LogP contribution is -2.04. The Morgan fingerprint density at radius 2 is 1.75 bits per heavy atom. The molecule has 0 spiro atoms. The minimum atomic E-state index is 0.278. The second kappa shape index (κ2) is 8.00. The van der Waals surface area contributed by atoms with Gasteiger partial charge in [-0.15, -0.1) is 0 Å². The van der Waals surface area contributed by atoms with Crippen molar-refractivity contribution in [2.45, 2.75) is 52.0 Å². The van der Waals surface area contributed by atoms with Crippen LogP contribution in [-0.2, 0) is 6.54 Å². The van der Waals surface area contributed by atoms with Crippen molar-refractivity contribution in [2.75, 3.05) is 13.4 Å². The van der Waals surface area contributed by atoms with Crippen LogP contribution in [0.2, 0.25) is 0 Å². The van der Waals surface area contributed by atoms with Gasteiger partial charge >= 0.3 is 0 Å². The molecule has 4 heteroatoms. The Kier molecular flexibility index (Phi) is 5.99. The molecule has 1 heterocycles. The Hall–Kier alpha value is -1.42. The molecule has 1 aliphatic heterocycles. The number of rotatable bonds is 9. The molecule has 0 saturated carbocycles. The van der Waals surface area contributed by atoms with Crippen LogP contribution in [0.15, 0.2) is 12.1 Å². The molecular formula is C16H25NO3. The van der Waals surface area contributed by atoms with E-state index in [1.54, 1.807) is 0 Å². The lowest BCUT2D eigenvalue weighted by atomic mass is 10.1. The highest BCUT2D eigenvalue weighted by atomic mass is 16.7. The van der Waals surface area contributed by atoms with Gasteiger partial charge in [-0.1, -0.05) is 39.0 Å². The van der Waals surface area contributed by atoms with E-state index < -0.39 is 0 Å². The van der Waals surface area contributed by atoms with E-state index in [1.807, 2.05) is 12.1 Å². The summed E-state index contributed by atoms with van der Waals surface area (Å²) in [6.45, 7) is 3.69. The quantitative estimate of drug-likeness (QED) is 0.702. The van der Waals surface area contributed by atoms with Gasteiger partial charge in [-0.2, -0.15) is 0 Å². The average Bonchev–Trinajstić information content (AvgIpc) is 2.92. The smallest absolute Gasteiger partial charge is 0.231 e. The maximum atomic E-state index is 5.84. The highest BCUT2D eigenvalue weighted by Crippen LogP contribution is 2.38. The fourth-order valence-corrected chi connectivity index (χ4v) is 2.32. The van der Waals surface area contributed by atoms with Gasteiger partial charge in [0.25, 0.3) is 0 Å². The van der Waals surface area contributed by atoms with Crippen molar-refractivity contribution < 1.29 is 14.2 Å². The first-order valence-electron chi connectivity index (χ1n) is 7.60. The van der Waals surface area contributed by atoms with Crippen LogP contribution in [-0.4, -0.2) is 13.4 Å². The molecule has 0 saturated heterocycles. The molecule has 1 aromatic rings. The Morgan fingerprint density at radius 1 is 1.05 bits per heavy atom. The van der Waals surface area contributed by atoms with Crippen molar-refractivity contribution in [3.63, 3.8) is 0 Å². The Morgan fingerprint density at radius 3 is 2.50 bits per heavy atom. The standard InChI is InChI=1S/C16H25NO3/c1-2-3-4-5-6-7-8-18-14-10-16-15(19-12-20-16)9-13(14)11-17/h9-10H,2-8,11-12,17H2,1H3. The maximum absolute atomic E-state index is 5.84. The zero-order valence-electron chi connectivity index (χ0n) is 12.3. The third-order valence-electron chi connectivity index (χ3n) is 3.53. The number of fused-ring (bicyclic) bond motifs is 1. The summed E-state index contributed by atoms with van der Waals surface area (Å²) in [6.07, 6.45) is 7.55. The molecule has 2 N–H and O–H groups in total. The van der Waals surface area contributed by atoms with Crippen LogP contribution in [0.1, 0.15) is 51.0 Å². The summed E-state index contributed by atoms with van der Waals surface area (Å²) in [7, 11) is 0. The zero-order valence-corrected chi connectivity index (χ0v) is 12.3. The molecule has 20 heavy (non-hydrogen) atoms. The summed E-state index contributed by atoms with van der Waals surface area (Å²) in [6, 6.07) is 3.81. The van der Waals surface area contributed by atoms with E-state index in [1.165, 1.54) is 32.1 Å².